The van der Waals surface area contributed by atoms with Crippen LogP contribution in [0.4, 0.5) is 5.95 Å². The maximum Gasteiger partial charge on any atom is 0.225 e. The number of hydrogen-bond acceptors (Lipinski definition) is 6. The lowest BCUT2D eigenvalue weighted by molar-refractivity contribution is 0.458. The van der Waals surface area contributed by atoms with Crippen LogP contribution in [0.5, 0.6) is 11.6 Å². The number of nitrogens with one attached hydrogen (secondary N) is 1. The zero-order valence-corrected chi connectivity index (χ0v) is 16.4. The number of para-hydroxylation sites is 1. The molecule has 2 aromatic rings. The van der Waals surface area contributed by atoms with Crippen LogP contribution in [0.2, 0.25) is 0 Å². The molecule has 0 amide bonds. The van der Waals surface area contributed by atoms with Gasteiger partial charge in [-0.25, -0.2) is 17.7 Å². The summed E-state index contributed by atoms with van der Waals surface area (Å²) in [7, 11) is -3.13. The quantitative estimate of drug-likeness (QED) is 0.708. The number of unbranched alkanes of at least 4 members (excludes halogenated alkanes) is 1. The molecule has 1 atom stereocenters. The molecule has 1 aromatic carbocycles. The predicted octanol–water partition coefficient (Wildman–Crippen LogP) is 3.13. The number of anilines is 1. The summed E-state index contributed by atoms with van der Waals surface area (Å²) in [6, 6.07) is 11.2. The van der Waals surface area contributed by atoms with Gasteiger partial charge < -0.3 is 10.1 Å². The summed E-state index contributed by atoms with van der Waals surface area (Å²) in [4.78, 5) is 8.58. The fourth-order valence-electron chi connectivity index (χ4n) is 3.00. The number of rotatable bonds is 9. The molecule has 27 heavy (non-hydrogen) atoms. The van der Waals surface area contributed by atoms with Gasteiger partial charge in [0.05, 0.1) is 5.75 Å². The Morgan fingerprint density at radius 2 is 2.07 bits per heavy atom. The van der Waals surface area contributed by atoms with Gasteiger partial charge >= 0.3 is 0 Å². The molecule has 0 radical (unpaired) electrons. The molecule has 1 aromatic heterocycles. The molecule has 1 fully saturated rings. The minimum atomic E-state index is -3.13. The average molecular weight is 391 g/mol. The largest absolute Gasteiger partial charge is 0.439 e. The monoisotopic (exact) mass is 390 g/mol. The molecule has 1 aliphatic heterocycles. The zero-order valence-electron chi connectivity index (χ0n) is 15.5. The minimum Gasteiger partial charge on any atom is -0.439 e. The van der Waals surface area contributed by atoms with E-state index in [0.29, 0.717) is 43.6 Å². The van der Waals surface area contributed by atoms with Gasteiger partial charge in [-0.15, -0.1) is 0 Å². The van der Waals surface area contributed by atoms with E-state index in [2.05, 4.69) is 15.3 Å². The van der Waals surface area contributed by atoms with Crippen molar-refractivity contribution in [2.75, 3.05) is 30.7 Å². The smallest absolute Gasteiger partial charge is 0.225 e. The van der Waals surface area contributed by atoms with Gasteiger partial charge in [0.2, 0.25) is 21.9 Å². The molecule has 1 N–H and O–H groups in total. The van der Waals surface area contributed by atoms with Crippen molar-refractivity contribution in [1.82, 2.24) is 14.3 Å². The van der Waals surface area contributed by atoms with Gasteiger partial charge in [-0.2, -0.15) is 4.98 Å². The Morgan fingerprint density at radius 3 is 2.85 bits per heavy atom. The van der Waals surface area contributed by atoms with E-state index in [1.54, 1.807) is 16.6 Å². The van der Waals surface area contributed by atoms with E-state index in [4.69, 9.17) is 4.74 Å². The van der Waals surface area contributed by atoms with Gasteiger partial charge in [0.1, 0.15) is 5.75 Å². The summed E-state index contributed by atoms with van der Waals surface area (Å²) < 4.78 is 31.9. The maximum absolute atomic E-state index is 12.3. The van der Waals surface area contributed by atoms with E-state index in [-0.39, 0.29) is 11.7 Å². The van der Waals surface area contributed by atoms with E-state index in [0.717, 1.165) is 12.8 Å². The van der Waals surface area contributed by atoms with Crippen molar-refractivity contribution in [3.8, 4) is 11.6 Å². The predicted molar refractivity (Wildman–Crippen MR) is 105 cm³/mol. The van der Waals surface area contributed by atoms with Gasteiger partial charge in [-0.3, -0.25) is 0 Å². The van der Waals surface area contributed by atoms with Crippen LogP contribution in [-0.2, 0) is 10.0 Å². The second kappa shape index (κ2) is 9.14. The van der Waals surface area contributed by atoms with E-state index >= 15 is 0 Å². The number of aromatic nitrogens is 2. The molecule has 7 nitrogen and oxygen atoms in total. The van der Waals surface area contributed by atoms with Crippen LogP contribution in [0.25, 0.3) is 0 Å². The van der Waals surface area contributed by atoms with E-state index in [9.17, 15) is 8.42 Å². The second-order valence-electron chi connectivity index (χ2n) is 6.70. The van der Waals surface area contributed by atoms with Crippen molar-refractivity contribution in [3.63, 3.8) is 0 Å². The Bertz CT molecular complexity index is 830. The Kier molecular flexibility index (Phi) is 6.63. The van der Waals surface area contributed by atoms with Crippen LogP contribution < -0.4 is 10.1 Å². The molecule has 0 aliphatic carbocycles. The molecule has 1 unspecified atom stereocenters. The lowest BCUT2D eigenvalue weighted by Gasteiger charge is -2.16. The number of benzene rings is 1. The van der Waals surface area contributed by atoms with Gasteiger partial charge in [-0.1, -0.05) is 31.5 Å². The third kappa shape index (κ3) is 5.64. The summed E-state index contributed by atoms with van der Waals surface area (Å²) in [5.74, 6) is 2.16. The standard InChI is InChI=1S/C19H26N4O3S/c1-2-3-13-27(24,25)23-12-10-16(15-23)14-21-19-20-11-9-18(22-19)26-17-7-5-4-6-8-17/h4-9,11,16H,2-3,10,12-15H2,1H3,(H,20,21,22). The first-order valence-electron chi connectivity index (χ1n) is 9.34. The van der Waals surface area contributed by atoms with Crippen LogP contribution in [0.3, 0.4) is 0 Å². The summed E-state index contributed by atoms with van der Waals surface area (Å²) in [5.41, 5.74) is 0. The Hall–Kier alpha value is -2.19. The lowest BCUT2D eigenvalue weighted by Crippen LogP contribution is -2.31. The van der Waals surface area contributed by atoms with Crippen molar-refractivity contribution in [3.05, 3.63) is 42.6 Å². The molecule has 0 spiro atoms. The van der Waals surface area contributed by atoms with Crippen molar-refractivity contribution >= 4 is 16.0 Å². The van der Waals surface area contributed by atoms with E-state index < -0.39 is 10.0 Å². The first-order valence-corrected chi connectivity index (χ1v) is 11.0. The molecule has 0 saturated carbocycles. The van der Waals surface area contributed by atoms with E-state index in [1.165, 1.54) is 0 Å². The molecule has 1 saturated heterocycles. The molecular weight excluding hydrogens is 364 g/mol. The number of hydrogen-bond donors (Lipinski definition) is 1. The van der Waals surface area contributed by atoms with Crippen LogP contribution in [0.1, 0.15) is 26.2 Å². The molecule has 0 bridgehead atoms. The van der Waals surface area contributed by atoms with Gasteiger partial charge in [0, 0.05) is 31.9 Å². The van der Waals surface area contributed by atoms with E-state index in [1.807, 2.05) is 37.3 Å². The molecule has 146 valence electrons. The highest BCUT2D eigenvalue weighted by Crippen LogP contribution is 2.22. The fraction of sp³-hybridized carbons (Fsp3) is 0.474. The molecule has 1 aliphatic rings. The summed E-state index contributed by atoms with van der Waals surface area (Å²) >= 11 is 0. The highest BCUT2D eigenvalue weighted by atomic mass is 32.2. The number of nitrogens with zero attached hydrogens (tertiary/aromatic N) is 3. The van der Waals surface area contributed by atoms with Gasteiger partial charge in [0.25, 0.3) is 0 Å². The molecule has 2 heterocycles. The van der Waals surface area contributed by atoms with Crippen molar-refractivity contribution in [2.45, 2.75) is 26.2 Å². The third-order valence-electron chi connectivity index (χ3n) is 4.54. The van der Waals surface area contributed by atoms with Crippen molar-refractivity contribution < 1.29 is 13.2 Å². The third-order valence-corrected chi connectivity index (χ3v) is 6.47. The SMILES string of the molecule is CCCCS(=O)(=O)N1CCC(CNc2nccc(Oc3ccccc3)n2)C1. The maximum atomic E-state index is 12.3. The number of ether oxygens (including phenoxy) is 1. The Morgan fingerprint density at radius 1 is 1.26 bits per heavy atom. The Labute approximate surface area is 160 Å². The summed E-state index contributed by atoms with van der Waals surface area (Å²) in [6.45, 7) is 3.78. The summed E-state index contributed by atoms with van der Waals surface area (Å²) in [6.07, 6.45) is 4.09. The molecular formula is C19H26N4O3S. The van der Waals surface area contributed by atoms with Crippen molar-refractivity contribution in [1.29, 1.82) is 0 Å². The first kappa shape index (κ1) is 19.6. The first-order chi connectivity index (χ1) is 13.1. The fourth-order valence-corrected chi connectivity index (χ4v) is 4.73. The lowest BCUT2D eigenvalue weighted by atomic mass is 10.1. The highest BCUT2D eigenvalue weighted by Gasteiger charge is 2.30. The normalized spacial score (nSPS) is 17.7. The average Bonchev–Trinajstić information content (AvgIpc) is 3.16. The van der Waals surface area contributed by atoms with Crippen LogP contribution in [-0.4, -0.2) is 48.1 Å². The topological polar surface area (TPSA) is 84.4 Å². The van der Waals surface area contributed by atoms with Crippen molar-refractivity contribution in [2.24, 2.45) is 5.92 Å². The zero-order chi connectivity index (χ0) is 19.1. The molecule has 3 rings (SSSR count). The number of sulfonamides is 1. The van der Waals surface area contributed by atoms with Crippen LogP contribution in [0, 0.1) is 5.92 Å². The van der Waals surface area contributed by atoms with Crippen LogP contribution >= 0.6 is 0 Å². The second-order valence-corrected chi connectivity index (χ2v) is 8.79. The summed E-state index contributed by atoms with van der Waals surface area (Å²) in [5, 5.41) is 3.20. The minimum absolute atomic E-state index is 0.242. The Balaban J connectivity index is 1.51. The van der Waals surface area contributed by atoms with Crippen LogP contribution in [0.15, 0.2) is 42.6 Å². The van der Waals surface area contributed by atoms with Gasteiger partial charge in [0.15, 0.2) is 0 Å². The van der Waals surface area contributed by atoms with Gasteiger partial charge in [-0.05, 0) is 30.9 Å². The highest BCUT2D eigenvalue weighted by molar-refractivity contribution is 7.89. The molecule has 8 heteroatoms.